The highest BCUT2D eigenvalue weighted by Crippen LogP contribution is 2.36. The largest absolute Gasteiger partial charge is 0.463 e. The topological polar surface area (TPSA) is 138 Å². The van der Waals surface area contributed by atoms with E-state index < -0.39 is 42.4 Å². The minimum atomic E-state index is -1.04. The number of ether oxygens (including phenoxy) is 4. The van der Waals surface area contributed by atoms with E-state index in [2.05, 4.69) is 15.0 Å². The first-order chi connectivity index (χ1) is 13.7. The van der Waals surface area contributed by atoms with Gasteiger partial charge >= 0.3 is 17.9 Å². The van der Waals surface area contributed by atoms with Crippen LogP contribution in [0.1, 0.15) is 27.0 Å². The van der Waals surface area contributed by atoms with Crippen LogP contribution in [0, 0.1) is 9.41 Å². The molecule has 2 aromatic rings. The molecule has 13 heteroatoms. The molecule has 0 aromatic carbocycles. The lowest BCUT2D eigenvalue weighted by Gasteiger charge is -2.23. The van der Waals surface area contributed by atoms with E-state index in [1.807, 2.05) is 0 Å². The van der Waals surface area contributed by atoms with E-state index in [9.17, 15) is 14.4 Å². The van der Waals surface area contributed by atoms with Crippen molar-refractivity contribution in [3.63, 3.8) is 0 Å². The average molecular weight is 442 g/mol. The number of rotatable bonds is 5. The third-order valence-electron chi connectivity index (χ3n) is 4.08. The zero-order valence-electron chi connectivity index (χ0n) is 15.7. The van der Waals surface area contributed by atoms with Crippen LogP contribution >= 0.6 is 24.4 Å². The molecule has 156 valence electrons. The highest BCUT2D eigenvalue weighted by atomic mass is 32.1. The quantitative estimate of drug-likeness (QED) is 0.398. The van der Waals surface area contributed by atoms with Crippen molar-refractivity contribution in [2.75, 3.05) is 6.61 Å². The molecule has 1 saturated heterocycles. The second-order valence-corrected chi connectivity index (χ2v) is 7.09. The summed E-state index contributed by atoms with van der Waals surface area (Å²) in [5.74, 6) is -1.75. The predicted octanol–water partition coefficient (Wildman–Crippen LogP) is 1.48. The molecule has 0 bridgehead atoms. The zero-order valence-corrected chi connectivity index (χ0v) is 17.3. The van der Waals surface area contributed by atoms with Gasteiger partial charge in [-0.25, -0.2) is 4.98 Å². The van der Waals surface area contributed by atoms with Crippen LogP contribution in [0.15, 0.2) is 6.33 Å². The van der Waals surface area contributed by atoms with Gasteiger partial charge in [0, 0.05) is 20.8 Å². The summed E-state index contributed by atoms with van der Waals surface area (Å²) in [6.45, 7) is 3.46. The van der Waals surface area contributed by atoms with Gasteiger partial charge in [-0.3, -0.25) is 19.0 Å². The molecule has 0 saturated carbocycles. The molecule has 0 radical (unpaired) electrons. The summed E-state index contributed by atoms with van der Waals surface area (Å²) >= 11 is 10.4. The molecule has 29 heavy (non-hydrogen) atoms. The molecule has 2 aromatic heterocycles. The van der Waals surface area contributed by atoms with Gasteiger partial charge in [-0.1, -0.05) is 12.2 Å². The second kappa shape index (κ2) is 8.39. The Morgan fingerprint density at radius 1 is 1.10 bits per heavy atom. The van der Waals surface area contributed by atoms with Gasteiger partial charge in [0.05, 0.1) is 6.33 Å². The molecule has 3 heterocycles. The lowest BCUT2D eigenvalue weighted by Crippen LogP contribution is -2.40. The monoisotopic (exact) mass is 442 g/mol. The molecule has 0 amide bonds. The van der Waals surface area contributed by atoms with E-state index in [1.54, 1.807) is 0 Å². The Balaban J connectivity index is 2.06. The van der Waals surface area contributed by atoms with E-state index in [1.165, 1.54) is 31.7 Å². The molecule has 1 aliphatic rings. The fourth-order valence-corrected chi connectivity index (χ4v) is 3.66. The van der Waals surface area contributed by atoms with Crippen LogP contribution in [-0.4, -0.2) is 62.3 Å². The first kappa shape index (κ1) is 21.1. The van der Waals surface area contributed by atoms with Crippen LogP contribution in [0.3, 0.4) is 0 Å². The van der Waals surface area contributed by atoms with Gasteiger partial charge in [-0.05, 0) is 12.2 Å². The van der Waals surface area contributed by atoms with Crippen molar-refractivity contribution in [3.8, 4) is 0 Å². The van der Waals surface area contributed by atoms with Crippen LogP contribution in [0.4, 0.5) is 0 Å². The molecule has 0 spiro atoms. The highest BCUT2D eigenvalue weighted by molar-refractivity contribution is 7.72. The van der Waals surface area contributed by atoms with Crippen molar-refractivity contribution >= 4 is 53.5 Å². The predicted molar refractivity (Wildman–Crippen MR) is 102 cm³/mol. The number of aromatic amines is 2. The Hall–Kier alpha value is -2.64. The smallest absolute Gasteiger partial charge is 0.303 e. The Labute approximate surface area is 174 Å². The molecule has 1 fully saturated rings. The second-order valence-electron chi connectivity index (χ2n) is 6.27. The number of carbonyl (C=O) groups excluding carboxylic acids is 3. The number of hydrogen-bond donors (Lipinski definition) is 2. The van der Waals surface area contributed by atoms with Crippen molar-refractivity contribution in [2.24, 2.45) is 0 Å². The van der Waals surface area contributed by atoms with Crippen LogP contribution in [0.25, 0.3) is 11.2 Å². The molecule has 2 N–H and O–H groups in total. The van der Waals surface area contributed by atoms with Crippen LogP contribution in [-0.2, 0) is 33.3 Å². The number of carbonyl (C=O) groups is 3. The number of H-pyrrole nitrogens is 2. The van der Waals surface area contributed by atoms with Crippen LogP contribution < -0.4 is 0 Å². The fourth-order valence-electron chi connectivity index (χ4n) is 3.09. The van der Waals surface area contributed by atoms with Crippen LogP contribution in [0.5, 0.6) is 0 Å². The maximum Gasteiger partial charge on any atom is 0.303 e. The standard InChI is InChI=1S/C16H18N4O7S2/c1-6(21)24-4-9-11(25-7(2)22)12(26-8(3)23)15(27-9)20-5-17-13-10(20)14(28)19-16(29)18-13/h5,9,11-12,15H,4H2,1-3H3,(H2,18,19,28,29)/t9-,11-,12+,15-/m1/s1. The Morgan fingerprint density at radius 3 is 2.38 bits per heavy atom. The third-order valence-corrected chi connectivity index (χ3v) is 4.58. The Morgan fingerprint density at radius 2 is 1.76 bits per heavy atom. The van der Waals surface area contributed by atoms with Gasteiger partial charge in [0.1, 0.15) is 22.9 Å². The van der Waals surface area contributed by atoms with E-state index in [0.717, 1.165) is 0 Å². The van der Waals surface area contributed by atoms with E-state index >= 15 is 0 Å². The minimum Gasteiger partial charge on any atom is -0.463 e. The van der Waals surface area contributed by atoms with Gasteiger partial charge < -0.3 is 28.9 Å². The van der Waals surface area contributed by atoms with E-state index in [-0.39, 0.29) is 6.61 Å². The summed E-state index contributed by atoms with van der Waals surface area (Å²) in [4.78, 5) is 44.5. The molecular weight excluding hydrogens is 424 g/mol. The minimum absolute atomic E-state index is 0.205. The summed E-state index contributed by atoms with van der Waals surface area (Å²) in [6.07, 6.45) is -2.45. The molecule has 4 atom stereocenters. The fraction of sp³-hybridized carbons (Fsp3) is 0.500. The number of nitrogens with one attached hydrogen (secondary N) is 2. The summed E-state index contributed by atoms with van der Waals surface area (Å²) in [5.41, 5.74) is 0.849. The first-order valence-electron chi connectivity index (χ1n) is 8.49. The van der Waals surface area contributed by atoms with E-state index in [0.29, 0.717) is 20.6 Å². The molecule has 1 aliphatic heterocycles. The van der Waals surface area contributed by atoms with Gasteiger partial charge in [0.2, 0.25) is 0 Å². The number of imidazole rings is 1. The molecule has 0 aliphatic carbocycles. The van der Waals surface area contributed by atoms with Gasteiger partial charge in [-0.2, -0.15) is 0 Å². The van der Waals surface area contributed by atoms with Crippen LogP contribution in [0.2, 0.25) is 0 Å². The highest BCUT2D eigenvalue weighted by Gasteiger charge is 2.51. The number of nitrogens with zero attached hydrogens (tertiary/aromatic N) is 2. The average Bonchev–Trinajstić information content (AvgIpc) is 3.14. The SMILES string of the molecule is CC(=O)OC[C@H]1O[C@@H](n2cnc3[nH]c(=S)[nH]c(=S)c32)[C@@H](OC(C)=O)[C@@H]1OC(C)=O. The van der Waals surface area contributed by atoms with Gasteiger partial charge in [-0.15, -0.1) is 0 Å². The van der Waals surface area contributed by atoms with Crippen molar-refractivity contribution in [1.82, 2.24) is 19.5 Å². The molecular formula is C16H18N4O7S2. The van der Waals surface area contributed by atoms with Crippen molar-refractivity contribution in [2.45, 2.75) is 45.3 Å². The zero-order chi connectivity index (χ0) is 21.3. The van der Waals surface area contributed by atoms with Crippen molar-refractivity contribution in [1.29, 1.82) is 0 Å². The first-order valence-corrected chi connectivity index (χ1v) is 9.31. The number of hydrogen-bond acceptors (Lipinski definition) is 10. The summed E-state index contributed by atoms with van der Waals surface area (Å²) in [7, 11) is 0. The van der Waals surface area contributed by atoms with Gasteiger partial charge in [0.15, 0.2) is 28.9 Å². The molecule has 11 nitrogen and oxygen atoms in total. The van der Waals surface area contributed by atoms with Gasteiger partial charge in [0.25, 0.3) is 0 Å². The lowest BCUT2D eigenvalue weighted by molar-refractivity contribution is -0.166. The number of aromatic nitrogens is 4. The third kappa shape index (κ3) is 4.52. The Bertz CT molecular complexity index is 1080. The Kier molecular flexibility index (Phi) is 6.10. The number of esters is 3. The van der Waals surface area contributed by atoms with Crippen molar-refractivity contribution in [3.05, 3.63) is 15.7 Å². The maximum atomic E-state index is 11.7. The number of fused-ring (bicyclic) bond motifs is 1. The maximum absolute atomic E-state index is 11.7. The van der Waals surface area contributed by atoms with E-state index in [4.69, 9.17) is 43.4 Å². The molecule has 0 unspecified atom stereocenters. The lowest BCUT2D eigenvalue weighted by atomic mass is 10.1. The summed E-state index contributed by atoms with van der Waals surface area (Å²) < 4.78 is 23.8. The molecule has 3 rings (SSSR count). The normalized spacial score (nSPS) is 23.7. The summed E-state index contributed by atoms with van der Waals surface area (Å²) in [5, 5.41) is 0. The summed E-state index contributed by atoms with van der Waals surface area (Å²) in [6, 6.07) is 0. The van der Waals surface area contributed by atoms with Crippen molar-refractivity contribution < 1.29 is 33.3 Å².